The van der Waals surface area contributed by atoms with Gasteiger partial charge in [-0.15, -0.1) is 0 Å². The Bertz CT molecular complexity index is 1600. The highest BCUT2D eigenvalue weighted by Gasteiger charge is 2.50. The summed E-state index contributed by atoms with van der Waals surface area (Å²) in [5, 5.41) is 3.08. The predicted octanol–water partition coefficient (Wildman–Crippen LogP) is 4.62. The number of likely N-dealkylation sites (tertiary alicyclic amines) is 2. The molecule has 3 aliphatic heterocycles. The van der Waals surface area contributed by atoms with Crippen LogP contribution in [0.25, 0.3) is 22.3 Å². The third-order valence-electron chi connectivity index (χ3n) is 9.24. The molecule has 1 aliphatic carbocycles. The fourth-order valence-corrected chi connectivity index (χ4v) is 7.08. The van der Waals surface area contributed by atoms with Crippen molar-refractivity contribution in [2.75, 3.05) is 25.0 Å². The van der Waals surface area contributed by atoms with Crippen molar-refractivity contribution in [3.8, 4) is 11.3 Å². The third kappa shape index (κ3) is 3.76. The normalized spacial score (nSPS) is 23.3. The summed E-state index contributed by atoms with van der Waals surface area (Å²) < 4.78 is 32.2. The summed E-state index contributed by atoms with van der Waals surface area (Å²) in [6, 6.07) is 8.38. The molecule has 3 fully saturated rings. The first-order valence-electron chi connectivity index (χ1n) is 13.9. The first-order chi connectivity index (χ1) is 19.0. The second kappa shape index (κ2) is 8.50. The Kier molecular flexibility index (Phi) is 5.10. The van der Waals surface area contributed by atoms with Gasteiger partial charge in [0.1, 0.15) is 22.9 Å². The molecule has 4 aromatic rings. The highest BCUT2D eigenvalue weighted by atomic mass is 19.1. The van der Waals surface area contributed by atoms with E-state index in [9.17, 15) is 4.39 Å². The number of benzene rings is 1. The second-order valence-corrected chi connectivity index (χ2v) is 11.5. The monoisotopic (exact) mass is 528 g/mol. The molecule has 8 rings (SSSR count). The number of anilines is 2. The lowest BCUT2D eigenvalue weighted by Crippen LogP contribution is -2.45. The summed E-state index contributed by atoms with van der Waals surface area (Å²) in [5.74, 6) is 0.631. The number of nitrogens with one attached hydrogen (secondary N) is 1. The molecule has 0 radical (unpaired) electrons. The topological polar surface area (TPSA) is 75.0 Å². The van der Waals surface area contributed by atoms with Gasteiger partial charge in [0, 0.05) is 55.4 Å². The van der Waals surface area contributed by atoms with Crippen LogP contribution in [-0.4, -0.2) is 66.0 Å². The number of halogens is 2. The van der Waals surface area contributed by atoms with Crippen molar-refractivity contribution in [3.63, 3.8) is 0 Å². The zero-order chi connectivity index (χ0) is 26.3. The molecule has 0 amide bonds. The van der Waals surface area contributed by atoms with Crippen molar-refractivity contribution < 1.29 is 8.78 Å². The zero-order valence-corrected chi connectivity index (χ0v) is 21.9. The Balaban J connectivity index is 1.03. The van der Waals surface area contributed by atoms with Gasteiger partial charge in [0.2, 0.25) is 5.95 Å². The molecule has 1 saturated carbocycles. The SMILES string of the molecule is CCN1C[C@@H]2C[C@H]1CN2Cc1ccc(Nc2ncc(F)c(-c3cc(F)c4nc5n(c4c3)C3(CC5)CC3)n2)nc1. The van der Waals surface area contributed by atoms with E-state index >= 15 is 4.39 Å². The molecule has 0 unspecified atom stereocenters. The van der Waals surface area contributed by atoms with Crippen LogP contribution in [0.1, 0.15) is 44.0 Å². The van der Waals surface area contributed by atoms with Gasteiger partial charge in [0.15, 0.2) is 11.6 Å². The Labute approximate surface area is 225 Å². The summed E-state index contributed by atoms with van der Waals surface area (Å²) in [5.41, 5.74) is 2.71. The molecule has 2 saturated heterocycles. The molecule has 39 heavy (non-hydrogen) atoms. The number of imidazole rings is 1. The molecule has 1 aromatic carbocycles. The Morgan fingerprint density at radius 1 is 0.974 bits per heavy atom. The molecule has 8 nitrogen and oxygen atoms in total. The van der Waals surface area contributed by atoms with E-state index in [2.05, 4.69) is 52.6 Å². The summed E-state index contributed by atoms with van der Waals surface area (Å²) in [7, 11) is 0. The Morgan fingerprint density at radius 2 is 1.82 bits per heavy atom. The molecule has 1 N–H and O–H groups in total. The number of nitrogens with zero attached hydrogens (tertiary/aromatic N) is 7. The molecule has 1 spiro atoms. The molecule has 2 atom stereocenters. The molecular weight excluding hydrogens is 498 g/mol. The fraction of sp³-hybridized carbons (Fsp3) is 0.448. The maximum absolute atomic E-state index is 15.1. The number of fused-ring (bicyclic) bond motifs is 6. The van der Waals surface area contributed by atoms with Gasteiger partial charge >= 0.3 is 0 Å². The largest absolute Gasteiger partial charge is 0.322 e. The standard InChI is InChI=1S/C29H30F2N8/c1-2-37-15-20-11-19(37)16-38(20)14-17-3-4-24(32-12-17)34-28-33-13-22(31)26(36-28)18-9-21(30)27-23(10-18)39-25(35-27)5-6-29(39)7-8-29/h3-4,9-10,12-13,19-20H,2,5-8,11,14-16H2,1H3,(H,32,33,34,36)/t19-,20-/m0/s1. The van der Waals surface area contributed by atoms with E-state index < -0.39 is 11.6 Å². The van der Waals surface area contributed by atoms with Crippen molar-refractivity contribution in [3.05, 3.63) is 59.7 Å². The van der Waals surface area contributed by atoms with Gasteiger partial charge in [-0.25, -0.2) is 28.7 Å². The van der Waals surface area contributed by atoms with Crippen molar-refractivity contribution in [2.24, 2.45) is 0 Å². The summed E-state index contributed by atoms with van der Waals surface area (Å²) >= 11 is 0. The highest BCUT2D eigenvalue weighted by molar-refractivity contribution is 5.83. The van der Waals surface area contributed by atoms with Crippen LogP contribution in [0.3, 0.4) is 0 Å². The summed E-state index contributed by atoms with van der Waals surface area (Å²) in [4.78, 5) is 22.7. The number of pyridine rings is 1. The van der Waals surface area contributed by atoms with Crippen LogP contribution in [-0.2, 0) is 18.5 Å². The number of hydrogen-bond acceptors (Lipinski definition) is 7. The first kappa shape index (κ1) is 23.4. The predicted molar refractivity (Wildman–Crippen MR) is 144 cm³/mol. The number of aromatic nitrogens is 5. The molecule has 10 heteroatoms. The lowest BCUT2D eigenvalue weighted by Gasteiger charge is -2.33. The number of aryl methyl sites for hydroxylation is 1. The van der Waals surface area contributed by atoms with Crippen molar-refractivity contribution in [1.29, 1.82) is 0 Å². The van der Waals surface area contributed by atoms with Gasteiger partial charge in [-0.3, -0.25) is 9.80 Å². The van der Waals surface area contributed by atoms with Gasteiger partial charge in [-0.05, 0) is 56.0 Å². The second-order valence-electron chi connectivity index (χ2n) is 11.5. The van der Waals surface area contributed by atoms with E-state index in [1.165, 1.54) is 12.5 Å². The number of piperazine rings is 1. The Hall–Kier alpha value is -3.50. The smallest absolute Gasteiger partial charge is 0.229 e. The highest BCUT2D eigenvalue weighted by Crippen LogP contribution is 2.53. The van der Waals surface area contributed by atoms with Gasteiger partial charge in [0.25, 0.3) is 0 Å². The van der Waals surface area contributed by atoms with E-state index in [0.29, 0.717) is 34.5 Å². The minimum absolute atomic E-state index is 0.0496. The number of likely N-dealkylation sites (N-methyl/N-ethyl adjacent to an activating group) is 1. The third-order valence-corrected chi connectivity index (χ3v) is 9.24. The van der Waals surface area contributed by atoms with Crippen LogP contribution in [0.2, 0.25) is 0 Å². The quantitative estimate of drug-likeness (QED) is 0.391. The lowest BCUT2D eigenvalue weighted by molar-refractivity contribution is 0.127. The summed E-state index contributed by atoms with van der Waals surface area (Å²) in [6.07, 6.45) is 8.29. The van der Waals surface area contributed by atoms with E-state index in [1.807, 2.05) is 18.3 Å². The number of rotatable bonds is 6. The van der Waals surface area contributed by atoms with Crippen LogP contribution in [0.15, 0.2) is 36.7 Å². The summed E-state index contributed by atoms with van der Waals surface area (Å²) in [6.45, 7) is 6.51. The van der Waals surface area contributed by atoms with Gasteiger partial charge in [0.05, 0.1) is 11.7 Å². The average molecular weight is 529 g/mol. The maximum Gasteiger partial charge on any atom is 0.229 e. The fourth-order valence-electron chi connectivity index (χ4n) is 7.08. The van der Waals surface area contributed by atoms with Crippen LogP contribution >= 0.6 is 0 Å². The van der Waals surface area contributed by atoms with Gasteiger partial charge in [-0.2, -0.15) is 0 Å². The number of hydrogen-bond donors (Lipinski definition) is 1. The van der Waals surface area contributed by atoms with Gasteiger partial charge in [-0.1, -0.05) is 13.0 Å². The van der Waals surface area contributed by atoms with E-state index in [0.717, 1.165) is 69.4 Å². The average Bonchev–Trinajstić information content (AvgIpc) is 3.23. The van der Waals surface area contributed by atoms with Crippen LogP contribution in [0.5, 0.6) is 0 Å². The minimum atomic E-state index is -0.605. The first-order valence-corrected chi connectivity index (χ1v) is 13.9. The minimum Gasteiger partial charge on any atom is -0.322 e. The van der Waals surface area contributed by atoms with E-state index in [-0.39, 0.29) is 17.2 Å². The van der Waals surface area contributed by atoms with E-state index in [1.54, 1.807) is 0 Å². The molecule has 6 heterocycles. The Morgan fingerprint density at radius 3 is 2.56 bits per heavy atom. The van der Waals surface area contributed by atoms with Crippen LogP contribution in [0.4, 0.5) is 20.5 Å². The van der Waals surface area contributed by atoms with Crippen molar-refractivity contribution in [1.82, 2.24) is 34.3 Å². The molecule has 4 aliphatic rings. The van der Waals surface area contributed by atoms with Crippen molar-refractivity contribution in [2.45, 2.75) is 63.2 Å². The maximum atomic E-state index is 15.1. The molecule has 200 valence electrons. The van der Waals surface area contributed by atoms with Gasteiger partial charge < -0.3 is 9.88 Å². The van der Waals surface area contributed by atoms with Crippen molar-refractivity contribution >= 4 is 22.8 Å². The van der Waals surface area contributed by atoms with Crippen LogP contribution < -0.4 is 5.32 Å². The molecule has 2 bridgehead atoms. The van der Waals surface area contributed by atoms with Crippen LogP contribution in [0, 0.1) is 11.6 Å². The van der Waals surface area contributed by atoms with E-state index in [4.69, 9.17) is 0 Å². The lowest BCUT2D eigenvalue weighted by atomic mass is 10.1. The molecule has 3 aromatic heterocycles. The zero-order valence-electron chi connectivity index (χ0n) is 21.9. The molecular formula is C29H30F2N8.